The van der Waals surface area contributed by atoms with Crippen LogP contribution in [0.15, 0.2) is 30.3 Å². The number of imide groups is 1. The van der Waals surface area contributed by atoms with Crippen molar-refractivity contribution >= 4 is 23.8 Å². The number of amides is 5. The largest absolute Gasteiger partial charge is 0.344 e. The van der Waals surface area contributed by atoms with Gasteiger partial charge in [0.25, 0.3) is 11.8 Å². The average Bonchev–Trinajstić information content (AvgIpc) is 2.91. The second-order valence-corrected chi connectivity index (χ2v) is 7.71. The number of carbonyl (C=O) groups is 4. The summed E-state index contributed by atoms with van der Waals surface area (Å²) in [6.45, 7) is 5.51. The molecule has 29 heavy (non-hydrogen) atoms. The molecule has 156 valence electrons. The van der Waals surface area contributed by atoms with Crippen LogP contribution in [-0.4, -0.2) is 76.8 Å². The molecular formula is C20H27N5O4. The fourth-order valence-corrected chi connectivity index (χ4v) is 3.58. The first-order valence-electron chi connectivity index (χ1n) is 9.76. The number of urea groups is 1. The first kappa shape index (κ1) is 20.8. The van der Waals surface area contributed by atoms with E-state index in [1.165, 1.54) is 6.92 Å². The first-order chi connectivity index (χ1) is 13.8. The molecule has 2 fully saturated rings. The Kier molecular flexibility index (Phi) is 6.17. The van der Waals surface area contributed by atoms with Crippen molar-refractivity contribution in [2.75, 3.05) is 32.7 Å². The second-order valence-electron chi connectivity index (χ2n) is 7.71. The molecule has 0 saturated carbocycles. The van der Waals surface area contributed by atoms with E-state index in [0.29, 0.717) is 39.0 Å². The summed E-state index contributed by atoms with van der Waals surface area (Å²) in [4.78, 5) is 52.4. The normalized spacial score (nSPS) is 22.6. The van der Waals surface area contributed by atoms with Gasteiger partial charge in [-0.15, -0.1) is 0 Å². The maximum Gasteiger partial charge on any atom is 0.344 e. The summed E-state index contributed by atoms with van der Waals surface area (Å²) in [6.07, 6.45) is 1.06. The number of rotatable bonds is 6. The van der Waals surface area contributed by atoms with Crippen LogP contribution in [0.2, 0.25) is 0 Å². The maximum atomic E-state index is 12.8. The fourth-order valence-electron chi connectivity index (χ4n) is 3.58. The van der Waals surface area contributed by atoms with Crippen LogP contribution >= 0.6 is 0 Å². The Bertz CT molecular complexity index is 791. The molecule has 2 aliphatic rings. The van der Waals surface area contributed by atoms with Crippen LogP contribution in [0.4, 0.5) is 4.79 Å². The molecule has 9 nitrogen and oxygen atoms in total. The third-order valence-electron chi connectivity index (χ3n) is 5.44. The molecule has 5 amide bonds. The smallest absolute Gasteiger partial charge is 0.340 e. The van der Waals surface area contributed by atoms with Gasteiger partial charge in [0.05, 0.1) is 6.54 Å². The van der Waals surface area contributed by atoms with Crippen LogP contribution < -0.4 is 10.7 Å². The summed E-state index contributed by atoms with van der Waals surface area (Å²) in [6, 6.07) is 9.09. The number of benzene rings is 1. The molecule has 0 radical (unpaired) electrons. The van der Waals surface area contributed by atoms with E-state index in [2.05, 4.69) is 10.7 Å². The van der Waals surface area contributed by atoms with Crippen molar-refractivity contribution < 1.29 is 19.2 Å². The van der Waals surface area contributed by atoms with Gasteiger partial charge in [0.1, 0.15) is 5.54 Å². The van der Waals surface area contributed by atoms with E-state index in [1.807, 2.05) is 35.2 Å². The van der Waals surface area contributed by atoms with Gasteiger partial charge >= 0.3 is 6.03 Å². The molecule has 1 unspecified atom stereocenters. The van der Waals surface area contributed by atoms with Gasteiger partial charge in [-0.2, -0.15) is 5.01 Å². The van der Waals surface area contributed by atoms with Crippen LogP contribution in [0.5, 0.6) is 0 Å². The predicted octanol–water partition coefficient (Wildman–Crippen LogP) is 0.125. The van der Waals surface area contributed by atoms with Gasteiger partial charge in [-0.25, -0.2) is 4.79 Å². The van der Waals surface area contributed by atoms with E-state index in [0.717, 1.165) is 10.6 Å². The van der Waals surface area contributed by atoms with Gasteiger partial charge in [0, 0.05) is 33.1 Å². The third-order valence-corrected chi connectivity index (χ3v) is 5.44. The van der Waals surface area contributed by atoms with E-state index in [1.54, 1.807) is 11.8 Å². The highest BCUT2D eigenvalue weighted by Gasteiger charge is 2.48. The Morgan fingerprint density at radius 3 is 2.38 bits per heavy atom. The molecule has 0 aliphatic carbocycles. The topological polar surface area (TPSA) is 102 Å². The number of nitrogens with one attached hydrogen (secondary N) is 2. The van der Waals surface area contributed by atoms with Crippen molar-refractivity contribution in [2.24, 2.45) is 0 Å². The summed E-state index contributed by atoms with van der Waals surface area (Å²) in [7, 11) is 0. The molecule has 2 N–H and O–H groups in total. The molecule has 2 heterocycles. The second kappa shape index (κ2) is 8.60. The summed E-state index contributed by atoms with van der Waals surface area (Å²) >= 11 is 0. The van der Waals surface area contributed by atoms with Crippen molar-refractivity contribution in [1.29, 1.82) is 0 Å². The fraction of sp³-hybridized carbons (Fsp3) is 0.500. The number of hydrazine groups is 1. The number of hydrogen-bond acceptors (Lipinski definition) is 5. The maximum absolute atomic E-state index is 12.8. The van der Waals surface area contributed by atoms with E-state index >= 15 is 0 Å². The van der Waals surface area contributed by atoms with E-state index in [-0.39, 0.29) is 12.5 Å². The molecule has 1 aromatic rings. The summed E-state index contributed by atoms with van der Waals surface area (Å²) < 4.78 is 0. The van der Waals surface area contributed by atoms with Crippen molar-refractivity contribution in [3.05, 3.63) is 35.9 Å². The number of nitrogens with zero attached hydrogens (tertiary/aromatic N) is 3. The molecule has 1 aromatic carbocycles. The Balaban J connectivity index is 1.51. The highest BCUT2D eigenvalue weighted by Crippen LogP contribution is 2.22. The Morgan fingerprint density at radius 1 is 1.10 bits per heavy atom. The van der Waals surface area contributed by atoms with Gasteiger partial charge in [0.15, 0.2) is 0 Å². The van der Waals surface area contributed by atoms with Crippen LogP contribution in [0.1, 0.15) is 25.8 Å². The zero-order valence-corrected chi connectivity index (χ0v) is 16.8. The molecule has 0 spiro atoms. The lowest BCUT2D eigenvalue weighted by molar-refractivity contribution is -0.139. The Hall–Kier alpha value is -2.94. The highest BCUT2D eigenvalue weighted by atomic mass is 16.2. The van der Waals surface area contributed by atoms with E-state index in [4.69, 9.17) is 0 Å². The van der Waals surface area contributed by atoms with Crippen molar-refractivity contribution in [2.45, 2.75) is 32.2 Å². The summed E-state index contributed by atoms with van der Waals surface area (Å²) in [5, 5.41) is 3.47. The van der Waals surface area contributed by atoms with Crippen LogP contribution in [0.3, 0.4) is 0 Å². The predicted molar refractivity (Wildman–Crippen MR) is 105 cm³/mol. The SMILES string of the molecule is CC(=O)N1CCN(CC(=O)NN2C(=O)NC(C)(CCc3ccccc3)C2=O)CC1. The third kappa shape index (κ3) is 4.92. The van der Waals surface area contributed by atoms with Crippen molar-refractivity contribution in [3.63, 3.8) is 0 Å². The van der Waals surface area contributed by atoms with Gasteiger partial charge in [-0.3, -0.25) is 24.7 Å². The zero-order valence-electron chi connectivity index (χ0n) is 16.8. The molecule has 2 aliphatic heterocycles. The molecule has 0 bridgehead atoms. The Morgan fingerprint density at radius 2 is 1.76 bits per heavy atom. The van der Waals surface area contributed by atoms with Crippen LogP contribution in [0, 0.1) is 0 Å². The number of aryl methyl sites for hydroxylation is 1. The van der Waals surface area contributed by atoms with E-state index in [9.17, 15) is 19.2 Å². The lowest BCUT2D eigenvalue weighted by Gasteiger charge is -2.33. The van der Waals surface area contributed by atoms with Gasteiger partial charge in [-0.05, 0) is 25.3 Å². The number of hydrogen-bond donors (Lipinski definition) is 2. The highest BCUT2D eigenvalue weighted by molar-refractivity contribution is 6.07. The van der Waals surface area contributed by atoms with Gasteiger partial charge in [-0.1, -0.05) is 30.3 Å². The minimum Gasteiger partial charge on any atom is -0.340 e. The summed E-state index contributed by atoms with van der Waals surface area (Å²) in [5.41, 5.74) is 2.43. The van der Waals surface area contributed by atoms with Gasteiger partial charge < -0.3 is 10.2 Å². The number of carbonyl (C=O) groups excluding carboxylic acids is 4. The molecule has 3 rings (SSSR count). The minimum atomic E-state index is -1.06. The van der Waals surface area contributed by atoms with Crippen LogP contribution in [0.25, 0.3) is 0 Å². The van der Waals surface area contributed by atoms with E-state index < -0.39 is 23.4 Å². The molecule has 2 saturated heterocycles. The molecular weight excluding hydrogens is 374 g/mol. The quantitative estimate of drug-likeness (QED) is 0.660. The van der Waals surface area contributed by atoms with Crippen molar-refractivity contribution in [1.82, 2.24) is 25.6 Å². The zero-order chi connectivity index (χ0) is 21.0. The van der Waals surface area contributed by atoms with Crippen molar-refractivity contribution in [3.8, 4) is 0 Å². The number of piperazine rings is 1. The monoisotopic (exact) mass is 401 g/mol. The molecule has 9 heteroatoms. The minimum absolute atomic E-state index is 0.0169. The Labute approximate surface area is 170 Å². The van der Waals surface area contributed by atoms with Crippen LogP contribution in [-0.2, 0) is 20.8 Å². The molecule has 1 atom stereocenters. The average molecular weight is 401 g/mol. The first-order valence-corrected chi connectivity index (χ1v) is 9.76. The summed E-state index contributed by atoms with van der Waals surface area (Å²) in [5.74, 6) is -0.881. The lowest BCUT2D eigenvalue weighted by atomic mass is 9.93. The van der Waals surface area contributed by atoms with Gasteiger partial charge in [0.2, 0.25) is 5.91 Å². The lowest BCUT2D eigenvalue weighted by Crippen LogP contribution is -2.54. The standard InChI is InChI=1S/C20H27N5O4/c1-15(26)24-12-10-23(11-13-24)14-17(27)22-25-18(28)20(2,21-19(25)29)9-8-16-6-4-3-5-7-16/h3-7H,8-14H2,1-2H3,(H,21,29)(H,22,27). The molecule has 0 aromatic heterocycles.